The second-order valence-electron chi connectivity index (χ2n) is 7.99. The summed E-state index contributed by atoms with van der Waals surface area (Å²) in [4.78, 5) is 23.5. The summed E-state index contributed by atoms with van der Waals surface area (Å²) in [6.07, 6.45) is 4.39. The zero-order valence-electron chi connectivity index (χ0n) is 17.2. The van der Waals surface area contributed by atoms with Crippen LogP contribution in [-0.2, 0) is 4.79 Å². The van der Waals surface area contributed by atoms with Crippen molar-refractivity contribution in [2.24, 2.45) is 0 Å². The lowest BCUT2D eigenvalue weighted by Gasteiger charge is -2.21. The molecule has 2 fully saturated rings. The number of nitrogens with one attached hydrogen (secondary N) is 3. The molecular formula is C21H25Cl3N6O. The average Bonchev–Trinajstić information content (AvgIpc) is 3.42. The molecule has 2 aromatic rings. The van der Waals surface area contributed by atoms with Gasteiger partial charge in [-0.15, -0.1) is 0 Å². The maximum absolute atomic E-state index is 12.4. The van der Waals surface area contributed by atoms with Crippen molar-refractivity contribution < 1.29 is 4.79 Å². The highest BCUT2D eigenvalue weighted by atomic mass is 35.5. The molecule has 166 valence electrons. The van der Waals surface area contributed by atoms with E-state index < -0.39 is 0 Å². The van der Waals surface area contributed by atoms with E-state index in [9.17, 15) is 4.79 Å². The van der Waals surface area contributed by atoms with Gasteiger partial charge in [-0.1, -0.05) is 40.9 Å². The Labute approximate surface area is 196 Å². The first-order valence-corrected chi connectivity index (χ1v) is 11.6. The van der Waals surface area contributed by atoms with Gasteiger partial charge in [0.25, 0.3) is 0 Å². The minimum atomic E-state index is -0.130. The number of nitrogens with zero attached hydrogens (tertiary/aromatic N) is 3. The third kappa shape index (κ3) is 5.34. The van der Waals surface area contributed by atoms with Gasteiger partial charge in [0.15, 0.2) is 5.82 Å². The Morgan fingerprint density at radius 3 is 2.84 bits per heavy atom. The van der Waals surface area contributed by atoms with Crippen molar-refractivity contribution in [1.29, 1.82) is 0 Å². The van der Waals surface area contributed by atoms with Crippen LogP contribution in [0.2, 0.25) is 15.1 Å². The quantitative estimate of drug-likeness (QED) is 0.575. The van der Waals surface area contributed by atoms with Gasteiger partial charge < -0.3 is 20.9 Å². The van der Waals surface area contributed by atoms with Crippen molar-refractivity contribution in [3.05, 3.63) is 45.0 Å². The summed E-state index contributed by atoms with van der Waals surface area (Å²) in [7, 11) is 0. The normalized spacial score (nSPS) is 21.9. The monoisotopic (exact) mass is 482 g/mol. The number of rotatable bonds is 6. The highest BCUT2D eigenvalue weighted by Crippen LogP contribution is 2.31. The Hall–Kier alpha value is -1.80. The fourth-order valence-corrected chi connectivity index (χ4v) is 4.73. The summed E-state index contributed by atoms with van der Waals surface area (Å²) < 4.78 is 0. The maximum Gasteiger partial charge on any atom is 0.237 e. The zero-order valence-corrected chi connectivity index (χ0v) is 19.4. The third-order valence-electron chi connectivity index (χ3n) is 5.71. The highest BCUT2D eigenvalue weighted by Gasteiger charge is 2.29. The lowest BCUT2D eigenvalue weighted by Crippen LogP contribution is -2.46. The predicted molar refractivity (Wildman–Crippen MR) is 125 cm³/mol. The predicted octanol–water partition coefficient (Wildman–Crippen LogP) is 4.06. The lowest BCUT2D eigenvalue weighted by molar-refractivity contribution is -0.123. The second kappa shape index (κ2) is 9.77. The summed E-state index contributed by atoms with van der Waals surface area (Å²) in [5.74, 6) is 1.20. The molecule has 0 radical (unpaired) electrons. The van der Waals surface area contributed by atoms with E-state index in [1.165, 1.54) is 0 Å². The van der Waals surface area contributed by atoms with Crippen molar-refractivity contribution in [3.8, 4) is 0 Å². The van der Waals surface area contributed by atoms with E-state index in [2.05, 4.69) is 30.8 Å². The molecule has 2 aliphatic rings. The van der Waals surface area contributed by atoms with E-state index >= 15 is 0 Å². The maximum atomic E-state index is 12.4. The molecule has 0 aliphatic carbocycles. The van der Waals surface area contributed by atoms with Crippen molar-refractivity contribution in [2.75, 3.05) is 29.9 Å². The van der Waals surface area contributed by atoms with Crippen molar-refractivity contribution in [1.82, 2.24) is 20.6 Å². The van der Waals surface area contributed by atoms with Crippen LogP contribution in [-0.4, -0.2) is 47.6 Å². The molecule has 0 bridgehead atoms. The Morgan fingerprint density at radius 1 is 1.26 bits per heavy atom. The Balaban J connectivity index is 1.41. The van der Waals surface area contributed by atoms with Crippen LogP contribution in [0.15, 0.2) is 24.4 Å². The molecule has 1 aromatic heterocycles. The van der Waals surface area contributed by atoms with Crippen LogP contribution in [0.5, 0.6) is 0 Å². The Kier molecular flexibility index (Phi) is 7.06. The molecule has 0 saturated carbocycles. The number of hydrogen-bond donors (Lipinski definition) is 3. The van der Waals surface area contributed by atoms with Gasteiger partial charge in [0.05, 0.1) is 18.3 Å². The van der Waals surface area contributed by atoms with Gasteiger partial charge in [-0.3, -0.25) is 4.79 Å². The summed E-state index contributed by atoms with van der Waals surface area (Å²) in [5.41, 5.74) is 0.895. The van der Waals surface area contributed by atoms with Gasteiger partial charge >= 0.3 is 0 Å². The molecule has 2 saturated heterocycles. The van der Waals surface area contributed by atoms with E-state index in [1.807, 2.05) is 13.0 Å². The molecule has 4 rings (SSSR count). The summed E-state index contributed by atoms with van der Waals surface area (Å²) in [5, 5.41) is 11.3. The largest absolute Gasteiger partial charge is 0.362 e. The Bertz CT molecular complexity index is 953. The smallest absolute Gasteiger partial charge is 0.237 e. The number of aromatic nitrogens is 2. The molecular weight excluding hydrogens is 459 g/mol. The minimum absolute atomic E-state index is 0.0715. The minimum Gasteiger partial charge on any atom is -0.362 e. The Morgan fingerprint density at radius 2 is 2.10 bits per heavy atom. The van der Waals surface area contributed by atoms with Crippen LogP contribution in [0.25, 0.3) is 0 Å². The summed E-state index contributed by atoms with van der Waals surface area (Å²) >= 11 is 18.7. The molecule has 1 aromatic carbocycles. The molecule has 3 N–H and O–H groups in total. The molecule has 1 amide bonds. The van der Waals surface area contributed by atoms with Crippen LogP contribution in [0.4, 0.5) is 11.8 Å². The fourth-order valence-electron chi connectivity index (χ4n) is 4.02. The van der Waals surface area contributed by atoms with Crippen LogP contribution < -0.4 is 20.9 Å². The first kappa shape index (κ1) is 22.4. The molecule has 7 nitrogen and oxygen atoms in total. The van der Waals surface area contributed by atoms with Gasteiger partial charge in [0, 0.05) is 29.2 Å². The van der Waals surface area contributed by atoms with Crippen LogP contribution >= 0.6 is 34.8 Å². The van der Waals surface area contributed by atoms with Crippen molar-refractivity contribution in [3.63, 3.8) is 0 Å². The van der Waals surface area contributed by atoms with E-state index in [1.54, 1.807) is 18.3 Å². The van der Waals surface area contributed by atoms with Crippen molar-refractivity contribution in [2.45, 2.75) is 44.3 Å². The molecule has 0 spiro atoms. The van der Waals surface area contributed by atoms with Gasteiger partial charge in [0.1, 0.15) is 5.02 Å². The number of anilines is 2. The number of benzene rings is 1. The van der Waals surface area contributed by atoms with Crippen LogP contribution in [0.1, 0.15) is 37.8 Å². The molecule has 10 heteroatoms. The molecule has 31 heavy (non-hydrogen) atoms. The zero-order chi connectivity index (χ0) is 22.0. The second-order valence-corrected chi connectivity index (χ2v) is 9.24. The van der Waals surface area contributed by atoms with Crippen molar-refractivity contribution >= 4 is 52.5 Å². The van der Waals surface area contributed by atoms with Gasteiger partial charge in [-0.2, -0.15) is 4.98 Å². The number of carbonyl (C=O) groups excluding carboxylic acids is 1. The first-order valence-electron chi connectivity index (χ1n) is 10.4. The van der Waals surface area contributed by atoms with Crippen LogP contribution in [0, 0.1) is 0 Å². The van der Waals surface area contributed by atoms with E-state index in [0.29, 0.717) is 33.4 Å². The molecule has 3 atom stereocenters. The van der Waals surface area contributed by atoms with Crippen LogP contribution in [0.3, 0.4) is 0 Å². The topological polar surface area (TPSA) is 82.2 Å². The van der Waals surface area contributed by atoms with E-state index in [0.717, 1.165) is 37.9 Å². The SMILES string of the molecule is C[C@@H](Nc1nc(N2CC[C@@H](NC(=O)[C@H]3CCCN3)C2)ncc1Cl)c1ccc(Cl)cc1Cl. The number of amides is 1. The molecule has 3 heterocycles. The standard InChI is InChI=1S/C21H25Cl3N6O/c1-12(15-5-4-13(22)9-16(15)23)27-19-17(24)10-26-21(29-19)30-8-6-14(11-30)28-20(31)18-3-2-7-25-18/h4-5,9-10,12,14,18,25H,2-3,6-8,11H2,1H3,(H,28,31)(H,26,27,29)/t12-,14-,18-/m1/s1. The fraction of sp³-hybridized carbons (Fsp3) is 0.476. The number of halogens is 3. The lowest BCUT2D eigenvalue weighted by atomic mass is 10.1. The first-order chi connectivity index (χ1) is 14.9. The average molecular weight is 484 g/mol. The van der Waals surface area contributed by atoms with Gasteiger partial charge in [-0.25, -0.2) is 4.98 Å². The summed E-state index contributed by atoms with van der Waals surface area (Å²) in [6.45, 7) is 4.31. The third-order valence-corrected chi connectivity index (χ3v) is 6.55. The number of carbonyl (C=O) groups is 1. The summed E-state index contributed by atoms with van der Waals surface area (Å²) in [6, 6.07) is 5.27. The van der Waals surface area contributed by atoms with E-state index in [-0.39, 0.29) is 24.0 Å². The molecule has 0 unspecified atom stereocenters. The van der Waals surface area contributed by atoms with Gasteiger partial charge in [0.2, 0.25) is 11.9 Å². The molecule has 2 aliphatic heterocycles. The van der Waals surface area contributed by atoms with E-state index in [4.69, 9.17) is 34.8 Å². The van der Waals surface area contributed by atoms with Gasteiger partial charge in [-0.05, 0) is 50.4 Å². The number of hydrogen-bond acceptors (Lipinski definition) is 6. The highest BCUT2D eigenvalue weighted by molar-refractivity contribution is 6.35.